The molecule has 2 aromatic rings. The van der Waals surface area contributed by atoms with Gasteiger partial charge in [0.2, 0.25) is 0 Å². The van der Waals surface area contributed by atoms with E-state index in [-0.39, 0.29) is 12.3 Å². The topological polar surface area (TPSA) is 50.2 Å². The number of thiazole rings is 1. The Morgan fingerprint density at radius 1 is 1.50 bits per heavy atom. The van der Waals surface area contributed by atoms with E-state index in [9.17, 15) is 4.79 Å². The van der Waals surface area contributed by atoms with Gasteiger partial charge in [-0.1, -0.05) is 30.7 Å². The molecule has 0 amide bonds. The first-order chi connectivity index (χ1) is 8.56. The number of carbonyl (C=O) groups is 1. The Morgan fingerprint density at radius 2 is 2.28 bits per heavy atom. The van der Waals surface area contributed by atoms with Crippen LogP contribution in [0.15, 0.2) is 29.6 Å². The minimum Gasteiger partial charge on any atom is -0.481 e. The number of aliphatic carboxylic acids is 1. The molecule has 0 radical (unpaired) electrons. The minimum atomic E-state index is -0.783. The summed E-state index contributed by atoms with van der Waals surface area (Å²) in [5.41, 5.74) is 3.21. The molecule has 1 aromatic carbocycles. The van der Waals surface area contributed by atoms with Crippen LogP contribution in [0.3, 0.4) is 0 Å². The van der Waals surface area contributed by atoms with Gasteiger partial charge in [-0.25, -0.2) is 4.98 Å². The first kappa shape index (κ1) is 12.8. The summed E-state index contributed by atoms with van der Waals surface area (Å²) in [6, 6.07) is 8.16. The van der Waals surface area contributed by atoms with Gasteiger partial charge in [-0.05, 0) is 13.0 Å². The molecule has 0 fully saturated rings. The molecule has 3 nitrogen and oxygen atoms in total. The number of hydrogen-bond acceptors (Lipinski definition) is 3. The average molecular weight is 261 g/mol. The van der Waals surface area contributed by atoms with Gasteiger partial charge >= 0.3 is 5.97 Å². The van der Waals surface area contributed by atoms with E-state index in [1.54, 1.807) is 0 Å². The number of carboxylic acid groups (broad SMARTS) is 1. The van der Waals surface area contributed by atoms with E-state index in [2.05, 4.69) is 11.1 Å². The summed E-state index contributed by atoms with van der Waals surface area (Å²) < 4.78 is 0. The van der Waals surface area contributed by atoms with Gasteiger partial charge in [0.1, 0.15) is 0 Å². The molecule has 1 aromatic heterocycles. The van der Waals surface area contributed by atoms with E-state index >= 15 is 0 Å². The first-order valence-corrected chi connectivity index (χ1v) is 6.68. The van der Waals surface area contributed by atoms with E-state index < -0.39 is 5.97 Å². The Labute approximate surface area is 110 Å². The third-order valence-corrected chi connectivity index (χ3v) is 3.81. The van der Waals surface area contributed by atoms with Crippen molar-refractivity contribution in [1.29, 1.82) is 0 Å². The Bertz CT molecular complexity index is 562. The molecule has 0 aliphatic carbocycles. The molecule has 0 aliphatic rings. The highest BCUT2D eigenvalue weighted by atomic mass is 32.1. The fraction of sp³-hybridized carbons (Fsp3) is 0.286. The van der Waals surface area contributed by atoms with E-state index in [0.29, 0.717) is 0 Å². The zero-order valence-corrected chi connectivity index (χ0v) is 11.2. The average Bonchev–Trinajstić information content (AvgIpc) is 2.77. The zero-order valence-electron chi connectivity index (χ0n) is 10.4. The molecule has 1 heterocycles. The predicted molar refractivity (Wildman–Crippen MR) is 73.0 cm³/mol. The number of aromatic nitrogens is 1. The van der Waals surface area contributed by atoms with Gasteiger partial charge in [0.05, 0.1) is 17.1 Å². The number of rotatable bonds is 4. The van der Waals surface area contributed by atoms with Crippen LogP contribution >= 0.6 is 11.3 Å². The van der Waals surface area contributed by atoms with Crippen molar-refractivity contribution in [1.82, 2.24) is 4.98 Å². The second-order valence-electron chi connectivity index (χ2n) is 4.44. The summed E-state index contributed by atoms with van der Waals surface area (Å²) in [5, 5.41) is 11.7. The Hall–Kier alpha value is -1.68. The number of aryl methyl sites for hydroxylation is 1. The van der Waals surface area contributed by atoms with Crippen LogP contribution in [0.2, 0.25) is 0 Å². The van der Waals surface area contributed by atoms with Crippen molar-refractivity contribution in [2.45, 2.75) is 26.2 Å². The largest absolute Gasteiger partial charge is 0.481 e. The monoisotopic (exact) mass is 261 g/mol. The highest BCUT2D eigenvalue weighted by Gasteiger charge is 2.14. The lowest BCUT2D eigenvalue weighted by molar-refractivity contribution is -0.137. The first-order valence-electron chi connectivity index (χ1n) is 5.80. The second kappa shape index (κ2) is 5.31. The maximum atomic E-state index is 10.7. The van der Waals surface area contributed by atoms with Gasteiger partial charge in [0.15, 0.2) is 0 Å². The van der Waals surface area contributed by atoms with Crippen LogP contribution in [0.5, 0.6) is 0 Å². The highest BCUT2D eigenvalue weighted by molar-refractivity contribution is 7.10. The van der Waals surface area contributed by atoms with Gasteiger partial charge in [0, 0.05) is 16.9 Å². The molecule has 2 rings (SSSR count). The summed E-state index contributed by atoms with van der Waals surface area (Å²) in [7, 11) is 0. The maximum Gasteiger partial charge on any atom is 0.304 e. The number of carboxylic acids is 1. The highest BCUT2D eigenvalue weighted by Crippen LogP contribution is 2.28. The normalized spacial score (nSPS) is 12.3. The molecule has 4 heteroatoms. The van der Waals surface area contributed by atoms with Crippen LogP contribution in [0, 0.1) is 6.92 Å². The molecule has 0 saturated carbocycles. The van der Waals surface area contributed by atoms with E-state index in [4.69, 9.17) is 5.11 Å². The van der Waals surface area contributed by atoms with Crippen molar-refractivity contribution < 1.29 is 9.90 Å². The standard InChI is InChI=1S/C14H15NO2S/c1-9-4-3-5-11(6-9)12-8-18-14(15-12)10(2)7-13(16)17/h3-6,8,10H,7H2,1-2H3,(H,16,17). The predicted octanol–water partition coefficient (Wildman–Crippen LogP) is 3.70. The third-order valence-electron chi connectivity index (χ3n) is 2.74. The molecule has 1 atom stereocenters. The molecule has 0 saturated heterocycles. The minimum absolute atomic E-state index is 0.0361. The van der Waals surface area contributed by atoms with Crippen molar-refractivity contribution in [2.75, 3.05) is 0 Å². The van der Waals surface area contributed by atoms with Gasteiger partial charge in [-0.3, -0.25) is 4.79 Å². The molecule has 0 aliphatic heterocycles. The molecule has 94 valence electrons. The van der Waals surface area contributed by atoms with Crippen LogP contribution in [0.1, 0.15) is 29.8 Å². The summed E-state index contributed by atoms with van der Waals surface area (Å²) in [5.74, 6) is -0.819. The Morgan fingerprint density at radius 3 is 2.94 bits per heavy atom. The fourth-order valence-corrected chi connectivity index (χ4v) is 2.69. The summed E-state index contributed by atoms with van der Waals surface area (Å²) in [6.07, 6.45) is 0.126. The summed E-state index contributed by atoms with van der Waals surface area (Å²) in [6.45, 7) is 3.94. The van der Waals surface area contributed by atoms with Gasteiger partial charge in [-0.15, -0.1) is 11.3 Å². The third kappa shape index (κ3) is 2.96. The van der Waals surface area contributed by atoms with Crippen molar-refractivity contribution >= 4 is 17.3 Å². The smallest absolute Gasteiger partial charge is 0.304 e. The van der Waals surface area contributed by atoms with Crippen molar-refractivity contribution in [3.8, 4) is 11.3 Å². The molecule has 0 bridgehead atoms. The van der Waals surface area contributed by atoms with Gasteiger partial charge < -0.3 is 5.11 Å². The SMILES string of the molecule is Cc1cccc(-c2csc(C(C)CC(=O)O)n2)c1. The quantitative estimate of drug-likeness (QED) is 0.913. The molecular weight excluding hydrogens is 246 g/mol. The van der Waals surface area contributed by atoms with Crippen LogP contribution in [-0.2, 0) is 4.79 Å². The number of nitrogens with zero attached hydrogens (tertiary/aromatic N) is 1. The van der Waals surface area contributed by atoms with Crippen LogP contribution in [-0.4, -0.2) is 16.1 Å². The summed E-state index contributed by atoms with van der Waals surface area (Å²) >= 11 is 1.53. The molecular formula is C14H15NO2S. The van der Waals surface area contributed by atoms with E-state index in [1.165, 1.54) is 16.9 Å². The maximum absolute atomic E-state index is 10.7. The van der Waals surface area contributed by atoms with Crippen LogP contribution < -0.4 is 0 Å². The molecule has 0 spiro atoms. The zero-order chi connectivity index (χ0) is 13.1. The number of benzene rings is 1. The van der Waals surface area contributed by atoms with Crippen molar-refractivity contribution in [3.05, 3.63) is 40.2 Å². The lowest BCUT2D eigenvalue weighted by Crippen LogP contribution is -2.02. The van der Waals surface area contributed by atoms with Crippen LogP contribution in [0.4, 0.5) is 0 Å². The Kier molecular flexibility index (Phi) is 3.77. The molecule has 1 N–H and O–H groups in total. The lowest BCUT2D eigenvalue weighted by Gasteiger charge is -2.03. The van der Waals surface area contributed by atoms with Gasteiger partial charge in [-0.2, -0.15) is 0 Å². The molecule has 1 unspecified atom stereocenters. The van der Waals surface area contributed by atoms with E-state index in [1.807, 2.05) is 37.4 Å². The van der Waals surface area contributed by atoms with Crippen LogP contribution in [0.25, 0.3) is 11.3 Å². The Balaban J connectivity index is 2.22. The van der Waals surface area contributed by atoms with E-state index in [0.717, 1.165) is 16.3 Å². The summed E-state index contributed by atoms with van der Waals surface area (Å²) in [4.78, 5) is 15.2. The van der Waals surface area contributed by atoms with Crippen molar-refractivity contribution in [2.24, 2.45) is 0 Å². The second-order valence-corrected chi connectivity index (χ2v) is 5.33. The van der Waals surface area contributed by atoms with Crippen molar-refractivity contribution in [3.63, 3.8) is 0 Å². The molecule has 18 heavy (non-hydrogen) atoms. The fourth-order valence-electron chi connectivity index (χ4n) is 1.80. The number of hydrogen-bond donors (Lipinski definition) is 1. The lowest BCUT2D eigenvalue weighted by atomic mass is 10.1. The van der Waals surface area contributed by atoms with Gasteiger partial charge in [0.25, 0.3) is 0 Å².